The molecule has 1 aromatic carbocycles. The third kappa shape index (κ3) is 2.74. The fraction of sp³-hybridized carbons (Fsp3) is 0.364. The Balaban J connectivity index is 3.59. The topological polar surface area (TPSA) is 46.5 Å². The van der Waals surface area contributed by atoms with Crippen molar-refractivity contribution in [3.8, 4) is 5.75 Å². The summed E-state index contributed by atoms with van der Waals surface area (Å²) in [6, 6.07) is 0.569. The Morgan fingerprint density at radius 3 is 1.86 bits per heavy atom. The number of methoxy groups -OCH3 is 1. The number of carboxylic acids is 1. The van der Waals surface area contributed by atoms with Gasteiger partial charge < -0.3 is 9.84 Å². The number of ether oxygens (including phenoxy) is 1. The van der Waals surface area contributed by atoms with Gasteiger partial charge in [-0.1, -0.05) is 6.07 Å². The standard InChI is InChI=1S/C11H7F7O3/c1-21-7-4-5(2-3-6(7)8(19)20)9(12,10(13,14)15)11(16,17)18/h2-4H,1H3,(H,19,20). The third-order valence-corrected chi connectivity index (χ3v) is 2.61. The Bertz CT molecular complexity index is 534. The first kappa shape index (κ1) is 17.1. The van der Waals surface area contributed by atoms with E-state index in [9.17, 15) is 35.5 Å². The summed E-state index contributed by atoms with van der Waals surface area (Å²) < 4.78 is 93.3. The van der Waals surface area contributed by atoms with Crippen LogP contribution in [0.1, 0.15) is 15.9 Å². The van der Waals surface area contributed by atoms with Gasteiger partial charge >= 0.3 is 24.0 Å². The van der Waals surface area contributed by atoms with E-state index in [2.05, 4.69) is 4.74 Å². The zero-order valence-corrected chi connectivity index (χ0v) is 10.1. The summed E-state index contributed by atoms with van der Waals surface area (Å²) in [5.74, 6) is -2.47. The van der Waals surface area contributed by atoms with Gasteiger partial charge in [0.25, 0.3) is 0 Å². The second-order valence-electron chi connectivity index (χ2n) is 3.87. The van der Waals surface area contributed by atoms with Crippen LogP contribution in [0.25, 0.3) is 0 Å². The van der Waals surface area contributed by atoms with Crippen molar-refractivity contribution in [3.05, 3.63) is 29.3 Å². The summed E-state index contributed by atoms with van der Waals surface area (Å²) >= 11 is 0. The Labute approximate surface area is 112 Å². The maximum atomic E-state index is 13.7. The molecule has 0 bridgehead atoms. The summed E-state index contributed by atoms with van der Waals surface area (Å²) in [5, 5.41) is 8.69. The van der Waals surface area contributed by atoms with Gasteiger partial charge in [0, 0.05) is 5.56 Å². The molecule has 0 spiro atoms. The second kappa shape index (κ2) is 5.08. The fourth-order valence-corrected chi connectivity index (χ4v) is 1.57. The van der Waals surface area contributed by atoms with Crippen molar-refractivity contribution < 1.29 is 45.4 Å². The molecule has 0 aliphatic heterocycles. The number of alkyl halides is 7. The average Bonchev–Trinajstić information content (AvgIpc) is 2.34. The van der Waals surface area contributed by atoms with Gasteiger partial charge in [-0.3, -0.25) is 0 Å². The lowest BCUT2D eigenvalue weighted by molar-refractivity contribution is -0.348. The summed E-state index contributed by atoms with van der Waals surface area (Å²) in [6.07, 6.45) is -12.6. The molecule has 0 saturated carbocycles. The molecule has 0 amide bonds. The van der Waals surface area contributed by atoms with Crippen LogP contribution in [0.3, 0.4) is 0 Å². The Morgan fingerprint density at radius 1 is 1.05 bits per heavy atom. The Morgan fingerprint density at radius 2 is 1.52 bits per heavy atom. The van der Waals surface area contributed by atoms with Crippen molar-refractivity contribution in [1.82, 2.24) is 0 Å². The van der Waals surface area contributed by atoms with Crippen molar-refractivity contribution in [1.29, 1.82) is 0 Å². The fourth-order valence-electron chi connectivity index (χ4n) is 1.57. The van der Waals surface area contributed by atoms with Crippen LogP contribution in [0.5, 0.6) is 5.75 Å². The van der Waals surface area contributed by atoms with Crippen molar-refractivity contribution in [2.24, 2.45) is 0 Å². The minimum Gasteiger partial charge on any atom is -0.496 e. The average molecular weight is 320 g/mol. The van der Waals surface area contributed by atoms with Gasteiger partial charge in [-0.2, -0.15) is 26.3 Å². The number of rotatable bonds is 3. The molecule has 0 aliphatic carbocycles. The lowest BCUT2D eigenvalue weighted by Crippen LogP contribution is -2.50. The Hall–Kier alpha value is -2.00. The molecular weight excluding hydrogens is 313 g/mol. The molecular formula is C11H7F7O3. The maximum Gasteiger partial charge on any atom is 0.435 e. The number of hydrogen-bond acceptors (Lipinski definition) is 2. The number of carbonyl (C=O) groups is 1. The first-order valence-corrected chi connectivity index (χ1v) is 5.10. The lowest BCUT2D eigenvalue weighted by atomic mass is 9.93. The first-order valence-electron chi connectivity index (χ1n) is 5.10. The van der Waals surface area contributed by atoms with Crippen LogP contribution < -0.4 is 4.74 Å². The third-order valence-electron chi connectivity index (χ3n) is 2.61. The van der Waals surface area contributed by atoms with E-state index in [4.69, 9.17) is 5.11 Å². The zero-order valence-electron chi connectivity index (χ0n) is 10.1. The minimum atomic E-state index is -6.28. The van der Waals surface area contributed by atoms with Crippen molar-refractivity contribution in [3.63, 3.8) is 0 Å². The van der Waals surface area contributed by atoms with E-state index in [0.717, 1.165) is 7.11 Å². The molecule has 0 radical (unpaired) electrons. The molecule has 0 saturated heterocycles. The minimum absolute atomic E-state index is 0.0600. The molecule has 3 nitrogen and oxygen atoms in total. The van der Waals surface area contributed by atoms with Gasteiger partial charge in [0.05, 0.1) is 7.11 Å². The number of benzene rings is 1. The first-order chi connectivity index (χ1) is 9.36. The van der Waals surface area contributed by atoms with Gasteiger partial charge in [0.15, 0.2) is 0 Å². The molecule has 1 rings (SSSR count). The summed E-state index contributed by atoms with van der Waals surface area (Å²) in [5.41, 5.74) is -8.15. The van der Waals surface area contributed by atoms with E-state index in [1.807, 2.05) is 0 Å². The lowest BCUT2D eigenvalue weighted by Gasteiger charge is -2.30. The van der Waals surface area contributed by atoms with E-state index in [1.54, 1.807) is 0 Å². The monoisotopic (exact) mass is 320 g/mol. The molecule has 0 aromatic heterocycles. The molecule has 21 heavy (non-hydrogen) atoms. The molecule has 1 aromatic rings. The van der Waals surface area contributed by atoms with Gasteiger partial charge in [-0.15, -0.1) is 0 Å². The molecule has 118 valence electrons. The summed E-state index contributed by atoms with van der Waals surface area (Å²) in [6.45, 7) is 0. The van der Waals surface area contributed by atoms with Crippen LogP contribution in [-0.2, 0) is 5.67 Å². The summed E-state index contributed by atoms with van der Waals surface area (Å²) in [4.78, 5) is 10.7. The van der Waals surface area contributed by atoms with E-state index < -0.39 is 40.9 Å². The molecule has 0 unspecified atom stereocenters. The van der Waals surface area contributed by atoms with Crippen molar-refractivity contribution >= 4 is 5.97 Å². The highest BCUT2D eigenvalue weighted by atomic mass is 19.4. The second-order valence-corrected chi connectivity index (χ2v) is 3.87. The highest BCUT2D eigenvalue weighted by Gasteiger charge is 2.73. The van der Waals surface area contributed by atoms with Crippen LogP contribution >= 0.6 is 0 Å². The van der Waals surface area contributed by atoms with Crippen LogP contribution in [0, 0.1) is 0 Å². The normalized spacial score (nSPS) is 13.1. The summed E-state index contributed by atoms with van der Waals surface area (Å²) in [7, 11) is 0.826. The van der Waals surface area contributed by atoms with E-state index in [0.29, 0.717) is 6.07 Å². The van der Waals surface area contributed by atoms with E-state index >= 15 is 0 Å². The molecule has 0 atom stereocenters. The van der Waals surface area contributed by atoms with Crippen LogP contribution in [-0.4, -0.2) is 30.5 Å². The maximum absolute atomic E-state index is 13.7. The molecule has 0 fully saturated rings. The van der Waals surface area contributed by atoms with Crippen LogP contribution in [0.4, 0.5) is 30.7 Å². The number of carboxylic acid groups (broad SMARTS) is 1. The van der Waals surface area contributed by atoms with Gasteiger partial charge in [0.2, 0.25) is 0 Å². The van der Waals surface area contributed by atoms with Crippen molar-refractivity contribution in [2.45, 2.75) is 18.0 Å². The molecule has 0 aliphatic rings. The molecule has 10 heteroatoms. The quantitative estimate of drug-likeness (QED) is 0.864. The predicted octanol–water partition coefficient (Wildman–Crippen LogP) is 3.68. The van der Waals surface area contributed by atoms with Crippen LogP contribution in [0.2, 0.25) is 0 Å². The van der Waals surface area contributed by atoms with Gasteiger partial charge in [-0.25, -0.2) is 9.18 Å². The molecule has 0 heterocycles. The smallest absolute Gasteiger partial charge is 0.435 e. The van der Waals surface area contributed by atoms with E-state index in [-0.39, 0.29) is 12.1 Å². The predicted molar refractivity (Wildman–Crippen MR) is 54.8 cm³/mol. The van der Waals surface area contributed by atoms with Gasteiger partial charge in [0.1, 0.15) is 11.3 Å². The molecule has 1 N–H and O–H groups in total. The van der Waals surface area contributed by atoms with Gasteiger partial charge in [-0.05, 0) is 12.1 Å². The van der Waals surface area contributed by atoms with E-state index in [1.165, 1.54) is 0 Å². The van der Waals surface area contributed by atoms with Crippen LogP contribution in [0.15, 0.2) is 18.2 Å². The zero-order chi connectivity index (χ0) is 16.6. The number of halogens is 7. The highest BCUT2D eigenvalue weighted by Crippen LogP contribution is 2.53. The number of aromatic carboxylic acids is 1. The highest BCUT2D eigenvalue weighted by molar-refractivity contribution is 5.91. The van der Waals surface area contributed by atoms with Crippen molar-refractivity contribution in [2.75, 3.05) is 7.11 Å². The SMILES string of the molecule is COc1cc(C(F)(C(F)(F)F)C(F)(F)F)ccc1C(=O)O. The Kier molecular flexibility index (Phi) is 4.13. The largest absolute Gasteiger partial charge is 0.496 e. The number of hydrogen-bond donors (Lipinski definition) is 1.